The largest absolute Gasteiger partial charge is 0.495 e. The van der Waals surface area contributed by atoms with E-state index in [9.17, 15) is 8.42 Å². The molecule has 8 heteroatoms. The Morgan fingerprint density at radius 2 is 2.00 bits per heavy atom. The van der Waals surface area contributed by atoms with Gasteiger partial charge in [-0.15, -0.1) is 11.8 Å². The van der Waals surface area contributed by atoms with Gasteiger partial charge in [-0.25, -0.2) is 8.42 Å². The SMILES string of the molecule is COc1ccc(-c2cc(C)no2)cc1S(=O)(=O)N1CC(C)Sc2ccccc21. The van der Waals surface area contributed by atoms with Gasteiger partial charge in [0, 0.05) is 28.3 Å². The third-order valence-corrected chi connectivity index (χ3v) is 7.48. The third kappa shape index (κ3) is 3.27. The number of fused-ring (bicyclic) bond motifs is 1. The number of hydrogen-bond acceptors (Lipinski definition) is 6. The number of para-hydroxylation sites is 1. The van der Waals surface area contributed by atoms with Crippen molar-refractivity contribution in [2.45, 2.75) is 28.9 Å². The highest BCUT2D eigenvalue weighted by Gasteiger charge is 2.34. The van der Waals surface area contributed by atoms with Crippen LogP contribution in [0.2, 0.25) is 0 Å². The van der Waals surface area contributed by atoms with E-state index in [4.69, 9.17) is 9.26 Å². The van der Waals surface area contributed by atoms with Crippen LogP contribution < -0.4 is 9.04 Å². The summed E-state index contributed by atoms with van der Waals surface area (Å²) in [6, 6.07) is 14.3. The number of thioether (sulfide) groups is 1. The predicted molar refractivity (Wildman–Crippen MR) is 110 cm³/mol. The molecule has 2 aromatic carbocycles. The van der Waals surface area contributed by atoms with Crippen molar-refractivity contribution in [3.63, 3.8) is 0 Å². The van der Waals surface area contributed by atoms with Crippen LogP contribution in [0.5, 0.6) is 5.75 Å². The summed E-state index contributed by atoms with van der Waals surface area (Å²) in [6.45, 7) is 4.23. The fourth-order valence-corrected chi connectivity index (χ4v) is 6.25. The quantitative estimate of drug-likeness (QED) is 0.630. The van der Waals surface area contributed by atoms with Gasteiger partial charge in [0.05, 0.1) is 18.5 Å². The van der Waals surface area contributed by atoms with E-state index in [-0.39, 0.29) is 10.1 Å². The lowest BCUT2D eigenvalue weighted by molar-refractivity contribution is 0.402. The first-order valence-electron chi connectivity index (χ1n) is 8.80. The number of aromatic nitrogens is 1. The first kappa shape index (κ1) is 18.9. The van der Waals surface area contributed by atoms with Crippen LogP contribution in [-0.4, -0.2) is 32.5 Å². The van der Waals surface area contributed by atoms with Crippen molar-refractivity contribution in [3.05, 3.63) is 54.2 Å². The molecule has 0 saturated heterocycles. The maximum atomic E-state index is 13.7. The van der Waals surface area contributed by atoms with Crippen LogP contribution in [0.1, 0.15) is 12.6 Å². The molecule has 1 aromatic heterocycles. The second-order valence-electron chi connectivity index (χ2n) is 6.63. The topological polar surface area (TPSA) is 72.6 Å². The molecule has 1 unspecified atom stereocenters. The first-order chi connectivity index (χ1) is 13.4. The molecular weight excluding hydrogens is 396 g/mol. The Hall–Kier alpha value is -2.45. The molecule has 3 aromatic rings. The molecule has 0 aliphatic carbocycles. The summed E-state index contributed by atoms with van der Waals surface area (Å²) in [4.78, 5) is 1.06. The molecule has 0 spiro atoms. The average molecular weight is 417 g/mol. The molecule has 2 heterocycles. The summed E-state index contributed by atoms with van der Waals surface area (Å²) < 4.78 is 39.5. The zero-order chi connectivity index (χ0) is 19.9. The molecule has 0 fully saturated rings. The van der Waals surface area contributed by atoms with Crippen LogP contribution in [0.3, 0.4) is 0 Å². The lowest BCUT2D eigenvalue weighted by atomic mass is 10.1. The molecule has 0 amide bonds. The number of methoxy groups -OCH3 is 1. The van der Waals surface area contributed by atoms with Crippen LogP contribution in [-0.2, 0) is 10.0 Å². The van der Waals surface area contributed by atoms with Gasteiger partial charge in [0.15, 0.2) is 5.76 Å². The van der Waals surface area contributed by atoms with Crippen molar-refractivity contribution in [1.29, 1.82) is 0 Å². The summed E-state index contributed by atoms with van der Waals surface area (Å²) >= 11 is 1.68. The minimum atomic E-state index is -3.84. The molecule has 0 radical (unpaired) electrons. The van der Waals surface area contributed by atoms with Crippen LogP contribution >= 0.6 is 11.8 Å². The van der Waals surface area contributed by atoms with Gasteiger partial charge in [-0.05, 0) is 37.3 Å². The number of hydrogen-bond donors (Lipinski definition) is 0. The molecular formula is C20H20N2O4S2. The highest BCUT2D eigenvalue weighted by Crippen LogP contribution is 2.42. The smallest absolute Gasteiger partial charge is 0.268 e. The lowest BCUT2D eigenvalue weighted by Gasteiger charge is -2.33. The van der Waals surface area contributed by atoms with Crippen LogP contribution in [0.15, 0.2) is 62.8 Å². The van der Waals surface area contributed by atoms with Crippen molar-refractivity contribution in [2.75, 3.05) is 18.0 Å². The molecule has 0 saturated carbocycles. The van der Waals surface area contributed by atoms with Crippen molar-refractivity contribution in [2.24, 2.45) is 0 Å². The maximum Gasteiger partial charge on any atom is 0.268 e. The highest BCUT2D eigenvalue weighted by molar-refractivity contribution is 8.00. The van der Waals surface area contributed by atoms with E-state index in [0.29, 0.717) is 29.3 Å². The van der Waals surface area contributed by atoms with E-state index in [0.717, 1.165) is 10.6 Å². The van der Waals surface area contributed by atoms with Crippen LogP contribution in [0.25, 0.3) is 11.3 Å². The fourth-order valence-electron chi connectivity index (χ4n) is 3.23. The van der Waals surface area contributed by atoms with E-state index in [1.165, 1.54) is 11.4 Å². The van der Waals surface area contributed by atoms with Crippen molar-refractivity contribution >= 4 is 27.5 Å². The molecule has 1 aliphatic rings. The standard InChI is InChI=1S/C20H20N2O4S2/c1-13-10-18(26-21-13)15-8-9-17(25-3)20(11-15)28(23,24)22-12-14(2)27-19-7-5-4-6-16(19)22/h4-11,14H,12H2,1-3H3. The van der Waals surface area contributed by atoms with E-state index in [1.54, 1.807) is 36.0 Å². The molecule has 1 atom stereocenters. The fraction of sp³-hybridized carbons (Fsp3) is 0.250. The normalized spacial score (nSPS) is 16.7. The number of rotatable bonds is 4. The monoisotopic (exact) mass is 416 g/mol. The summed E-state index contributed by atoms with van der Waals surface area (Å²) in [6.07, 6.45) is 0. The van der Waals surface area contributed by atoms with E-state index in [2.05, 4.69) is 5.16 Å². The number of aryl methyl sites for hydroxylation is 1. The van der Waals surface area contributed by atoms with Crippen LogP contribution in [0, 0.1) is 6.92 Å². The maximum absolute atomic E-state index is 13.7. The molecule has 0 N–H and O–H groups in total. The van der Waals surface area contributed by atoms with Crippen molar-refractivity contribution in [3.8, 4) is 17.1 Å². The summed E-state index contributed by atoms with van der Waals surface area (Å²) in [5.74, 6) is 0.808. The predicted octanol–water partition coefficient (Wildman–Crippen LogP) is 4.35. The lowest BCUT2D eigenvalue weighted by Crippen LogP contribution is -2.38. The first-order valence-corrected chi connectivity index (χ1v) is 11.1. The minimum Gasteiger partial charge on any atom is -0.495 e. The molecule has 28 heavy (non-hydrogen) atoms. The third-order valence-electron chi connectivity index (χ3n) is 4.53. The van der Waals surface area contributed by atoms with E-state index < -0.39 is 10.0 Å². The average Bonchev–Trinajstić information content (AvgIpc) is 3.13. The second kappa shape index (κ2) is 7.18. The van der Waals surface area contributed by atoms with Gasteiger partial charge >= 0.3 is 0 Å². The van der Waals surface area contributed by atoms with Gasteiger partial charge < -0.3 is 9.26 Å². The van der Waals surface area contributed by atoms with E-state index in [1.807, 2.05) is 38.1 Å². The number of sulfonamides is 1. The van der Waals surface area contributed by atoms with Crippen molar-refractivity contribution in [1.82, 2.24) is 5.16 Å². The Balaban J connectivity index is 1.85. The minimum absolute atomic E-state index is 0.107. The van der Waals surface area contributed by atoms with Gasteiger partial charge in [-0.3, -0.25) is 4.31 Å². The zero-order valence-electron chi connectivity index (χ0n) is 15.7. The Bertz CT molecular complexity index is 1120. The summed E-state index contributed by atoms with van der Waals surface area (Å²) in [5.41, 5.74) is 2.05. The van der Waals surface area contributed by atoms with Gasteiger partial charge in [-0.2, -0.15) is 0 Å². The molecule has 0 bridgehead atoms. The zero-order valence-corrected chi connectivity index (χ0v) is 17.4. The molecule has 6 nitrogen and oxygen atoms in total. The Labute approximate surface area is 168 Å². The van der Waals surface area contributed by atoms with Crippen LogP contribution in [0.4, 0.5) is 5.69 Å². The summed E-state index contributed by atoms with van der Waals surface area (Å²) in [5, 5.41) is 4.02. The van der Waals surface area contributed by atoms with Gasteiger partial charge in [-0.1, -0.05) is 24.2 Å². The number of nitrogens with zero attached hydrogens (tertiary/aromatic N) is 2. The number of anilines is 1. The van der Waals surface area contributed by atoms with Gasteiger partial charge in [0.25, 0.3) is 10.0 Å². The highest BCUT2D eigenvalue weighted by atomic mass is 32.2. The molecule has 4 rings (SSSR count). The Morgan fingerprint density at radius 3 is 2.71 bits per heavy atom. The van der Waals surface area contributed by atoms with Gasteiger partial charge in [0.1, 0.15) is 10.6 Å². The number of benzene rings is 2. The molecule has 146 valence electrons. The number of ether oxygens (including phenoxy) is 1. The summed E-state index contributed by atoms with van der Waals surface area (Å²) in [7, 11) is -2.37. The Kier molecular flexibility index (Phi) is 4.84. The molecule has 1 aliphatic heterocycles. The second-order valence-corrected chi connectivity index (χ2v) is 9.94. The van der Waals surface area contributed by atoms with E-state index >= 15 is 0 Å². The van der Waals surface area contributed by atoms with Gasteiger partial charge in [0.2, 0.25) is 0 Å². The van der Waals surface area contributed by atoms with Crippen molar-refractivity contribution < 1.29 is 17.7 Å². The Morgan fingerprint density at radius 1 is 1.21 bits per heavy atom.